The smallest absolute Gasteiger partial charge is 0.258 e. The lowest BCUT2D eigenvalue weighted by Gasteiger charge is -2.19. The molecular formula is C22H29NO4. The first kappa shape index (κ1) is 20.6. The number of para-hydroxylation sites is 1. The topological polar surface area (TPSA) is 56.8 Å². The van der Waals surface area contributed by atoms with E-state index >= 15 is 0 Å². The summed E-state index contributed by atoms with van der Waals surface area (Å²) in [7, 11) is 3.20. The molecule has 27 heavy (non-hydrogen) atoms. The van der Waals surface area contributed by atoms with Gasteiger partial charge in [0.1, 0.15) is 17.2 Å². The monoisotopic (exact) mass is 371 g/mol. The number of rotatable bonds is 9. The van der Waals surface area contributed by atoms with E-state index in [1.54, 1.807) is 20.3 Å². The molecule has 0 spiro atoms. The fourth-order valence-electron chi connectivity index (χ4n) is 2.92. The Bertz CT molecular complexity index is 760. The molecule has 0 heterocycles. The largest absolute Gasteiger partial charge is 0.497 e. The van der Waals surface area contributed by atoms with Crippen molar-refractivity contribution in [2.45, 2.75) is 39.2 Å². The summed E-state index contributed by atoms with van der Waals surface area (Å²) >= 11 is 0. The Balaban J connectivity index is 2.00. The molecule has 0 aliphatic carbocycles. The Kier molecular flexibility index (Phi) is 7.53. The number of methoxy groups -OCH3 is 2. The zero-order valence-electron chi connectivity index (χ0n) is 16.7. The third-order valence-electron chi connectivity index (χ3n) is 4.71. The predicted octanol–water partition coefficient (Wildman–Crippen LogP) is 4.47. The number of hydrogen-bond donors (Lipinski definition) is 1. The van der Waals surface area contributed by atoms with Crippen LogP contribution in [0.15, 0.2) is 42.5 Å². The molecule has 5 nitrogen and oxygen atoms in total. The van der Waals surface area contributed by atoms with Crippen molar-refractivity contribution < 1.29 is 19.0 Å². The Hall–Kier alpha value is -2.69. The van der Waals surface area contributed by atoms with Crippen LogP contribution in [-0.4, -0.2) is 26.7 Å². The van der Waals surface area contributed by atoms with Gasteiger partial charge in [-0.05, 0) is 43.0 Å². The molecule has 0 saturated carbocycles. The van der Waals surface area contributed by atoms with Crippen molar-refractivity contribution in [3.63, 3.8) is 0 Å². The van der Waals surface area contributed by atoms with Crippen molar-refractivity contribution in [3.8, 4) is 17.2 Å². The molecule has 2 rings (SSSR count). The Morgan fingerprint density at radius 3 is 2.41 bits per heavy atom. The first-order valence-corrected chi connectivity index (χ1v) is 9.23. The van der Waals surface area contributed by atoms with Gasteiger partial charge in [-0.1, -0.05) is 32.0 Å². The molecule has 0 aliphatic heterocycles. The number of benzene rings is 2. The molecule has 0 bridgehead atoms. The van der Waals surface area contributed by atoms with E-state index in [2.05, 4.69) is 19.2 Å². The van der Waals surface area contributed by atoms with Crippen LogP contribution in [0.1, 0.15) is 50.3 Å². The van der Waals surface area contributed by atoms with Gasteiger partial charge in [0.15, 0.2) is 6.61 Å². The minimum Gasteiger partial charge on any atom is -0.497 e. The van der Waals surface area contributed by atoms with E-state index in [4.69, 9.17) is 14.2 Å². The summed E-state index contributed by atoms with van der Waals surface area (Å²) in [4.78, 5) is 12.4. The minimum absolute atomic E-state index is 0.0315. The third-order valence-corrected chi connectivity index (χ3v) is 4.71. The van der Waals surface area contributed by atoms with Crippen molar-refractivity contribution >= 4 is 5.91 Å². The van der Waals surface area contributed by atoms with Crippen LogP contribution in [0, 0.1) is 0 Å². The summed E-state index contributed by atoms with van der Waals surface area (Å²) in [5, 5.41) is 2.96. The fourth-order valence-corrected chi connectivity index (χ4v) is 2.92. The second kappa shape index (κ2) is 9.86. The number of ether oxygens (including phenoxy) is 3. The van der Waals surface area contributed by atoms with Crippen molar-refractivity contribution in [1.82, 2.24) is 5.32 Å². The van der Waals surface area contributed by atoms with E-state index in [-0.39, 0.29) is 18.6 Å². The lowest BCUT2D eigenvalue weighted by molar-refractivity contribution is -0.123. The van der Waals surface area contributed by atoms with Gasteiger partial charge in [0.2, 0.25) is 0 Å². The zero-order chi connectivity index (χ0) is 19.8. The number of carbonyl (C=O) groups is 1. The highest BCUT2D eigenvalue weighted by molar-refractivity contribution is 5.78. The van der Waals surface area contributed by atoms with Gasteiger partial charge in [-0.2, -0.15) is 0 Å². The quantitative estimate of drug-likeness (QED) is 0.706. The van der Waals surface area contributed by atoms with Crippen molar-refractivity contribution in [2.24, 2.45) is 0 Å². The van der Waals surface area contributed by atoms with E-state index < -0.39 is 0 Å². The highest BCUT2D eigenvalue weighted by Gasteiger charge is 2.16. The van der Waals surface area contributed by atoms with Crippen LogP contribution in [0.2, 0.25) is 0 Å². The Morgan fingerprint density at radius 1 is 1.00 bits per heavy atom. The number of amides is 1. The molecule has 1 amide bonds. The van der Waals surface area contributed by atoms with Gasteiger partial charge < -0.3 is 19.5 Å². The first-order chi connectivity index (χ1) is 13.0. The Labute approximate surface area is 161 Å². The molecule has 0 saturated heterocycles. The number of carbonyl (C=O) groups excluding carboxylic acids is 1. The molecule has 2 atom stereocenters. The molecule has 2 unspecified atom stereocenters. The normalized spacial score (nSPS) is 12.8. The van der Waals surface area contributed by atoms with Gasteiger partial charge in [0.25, 0.3) is 5.91 Å². The van der Waals surface area contributed by atoms with Gasteiger partial charge in [-0.3, -0.25) is 4.79 Å². The van der Waals surface area contributed by atoms with Gasteiger partial charge in [-0.15, -0.1) is 0 Å². The lowest BCUT2D eigenvalue weighted by Crippen LogP contribution is -2.31. The van der Waals surface area contributed by atoms with E-state index in [0.717, 1.165) is 23.3 Å². The fraction of sp³-hybridized carbons (Fsp3) is 0.409. The lowest BCUT2D eigenvalue weighted by atomic mass is 9.98. The van der Waals surface area contributed by atoms with Crippen molar-refractivity contribution in [3.05, 3.63) is 53.6 Å². The van der Waals surface area contributed by atoms with E-state index in [9.17, 15) is 4.79 Å². The van der Waals surface area contributed by atoms with E-state index in [1.807, 2.05) is 43.3 Å². The van der Waals surface area contributed by atoms with Crippen LogP contribution in [0.5, 0.6) is 17.2 Å². The molecule has 2 aromatic rings. The molecule has 0 fully saturated rings. The van der Waals surface area contributed by atoms with Crippen LogP contribution in [0.3, 0.4) is 0 Å². The van der Waals surface area contributed by atoms with Crippen LogP contribution in [0.4, 0.5) is 0 Å². The molecule has 146 valence electrons. The van der Waals surface area contributed by atoms with Crippen molar-refractivity contribution in [1.29, 1.82) is 0 Å². The highest BCUT2D eigenvalue weighted by Crippen LogP contribution is 2.30. The maximum Gasteiger partial charge on any atom is 0.258 e. The van der Waals surface area contributed by atoms with E-state index in [0.29, 0.717) is 17.4 Å². The zero-order valence-corrected chi connectivity index (χ0v) is 16.7. The average molecular weight is 371 g/mol. The highest BCUT2D eigenvalue weighted by atomic mass is 16.5. The number of nitrogens with one attached hydrogen (secondary N) is 1. The molecule has 2 aromatic carbocycles. The number of hydrogen-bond acceptors (Lipinski definition) is 4. The van der Waals surface area contributed by atoms with Gasteiger partial charge in [-0.25, -0.2) is 0 Å². The molecule has 0 aromatic heterocycles. The van der Waals surface area contributed by atoms with Gasteiger partial charge in [0.05, 0.1) is 20.3 Å². The first-order valence-electron chi connectivity index (χ1n) is 9.23. The standard InChI is InChI=1S/C22H29NO4/c1-6-15(2)18-9-7-8-10-20(18)27-14-22(24)23-16(3)19-12-11-17(25-4)13-21(19)26-5/h7-13,15-16H,6,14H2,1-5H3,(H,23,24). The van der Waals surface area contributed by atoms with Crippen LogP contribution in [-0.2, 0) is 4.79 Å². The van der Waals surface area contributed by atoms with Crippen LogP contribution in [0.25, 0.3) is 0 Å². The van der Waals surface area contributed by atoms with Gasteiger partial charge >= 0.3 is 0 Å². The molecule has 5 heteroatoms. The Morgan fingerprint density at radius 2 is 1.74 bits per heavy atom. The second-order valence-corrected chi connectivity index (χ2v) is 6.53. The van der Waals surface area contributed by atoms with Crippen LogP contribution < -0.4 is 19.5 Å². The molecular weight excluding hydrogens is 342 g/mol. The van der Waals surface area contributed by atoms with E-state index in [1.165, 1.54) is 0 Å². The molecule has 1 N–H and O–H groups in total. The maximum atomic E-state index is 12.4. The molecule has 0 radical (unpaired) electrons. The SMILES string of the molecule is CCC(C)c1ccccc1OCC(=O)NC(C)c1ccc(OC)cc1OC. The summed E-state index contributed by atoms with van der Waals surface area (Å²) < 4.78 is 16.4. The molecule has 0 aliphatic rings. The third kappa shape index (κ3) is 5.39. The predicted molar refractivity (Wildman–Crippen MR) is 107 cm³/mol. The summed E-state index contributed by atoms with van der Waals surface area (Å²) in [5.41, 5.74) is 2.00. The summed E-state index contributed by atoms with van der Waals surface area (Å²) in [6.45, 7) is 6.17. The van der Waals surface area contributed by atoms with Crippen molar-refractivity contribution in [2.75, 3.05) is 20.8 Å². The summed E-state index contributed by atoms with van der Waals surface area (Å²) in [6.07, 6.45) is 1.01. The summed E-state index contributed by atoms with van der Waals surface area (Å²) in [6, 6.07) is 13.2. The van der Waals surface area contributed by atoms with Gasteiger partial charge in [0, 0.05) is 11.6 Å². The van der Waals surface area contributed by atoms with Crippen LogP contribution >= 0.6 is 0 Å². The summed E-state index contributed by atoms with van der Waals surface area (Å²) in [5.74, 6) is 2.34. The maximum absolute atomic E-state index is 12.4. The minimum atomic E-state index is -0.216. The second-order valence-electron chi connectivity index (χ2n) is 6.53. The average Bonchev–Trinajstić information content (AvgIpc) is 2.71.